The molecule has 0 saturated heterocycles. The molecule has 0 fully saturated rings. The molecule has 20 heavy (non-hydrogen) atoms. The Labute approximate surface area is 118 Å². The van der Waals surface area contributed by atoms with E-state index >= 15 is 0 Å². The molecule has 0 bridgehead atoms. The lowest BCUT2D eigenvalue weighted by Gasteiger charge is -2.02. The van der Waals surface area contributed by atoms with Crippen molar-refractivity contribution in [1.29, 1.82) is 0 Å². The minimum absolute atomic E-state index is 0.000586. The fraction of sp³-hybridized carbons (Fsp3) is 0. The van der Waals surface area contributed by atoms with Crippen molar-refractivity contribution in [2.75, 3.05) is 0 Å². The predicted octanol–water partition coefficient (Wildman–Crippen LogP) is 4.58. The summed E-state index contributed by atoms with van der Waals surface area (Å²) in [5, 5.41) is 0.986. The van der Waals surface area contributed by atoms with Crippen molar-refractivity contribution in [2.24, 2.45) is 0 Å². The van der Waals surface area contributed by atoms with Crippen LogP contribution in [-0.4, -0.2) is 11.3 Å². The van der Waals surface area contributed by atoms with Gasteiger partial charge in [-0.25, -0.2) is 8.78 Å². The number of carbonyl (C=O) groups is 1. The van der Waals surface area contributed by atoms with Crippen molar-refractivity contribution in [1.82, 2.24) is 4.98 Å². The number of nitrogens with one attached hydrogen (secondary N) is 1. The van der Waals surface area contributed by atoms with Crippen LogP contribution in [0.2, 0.25) is 5.02 Å². The van der Waals surface area contributed by atoms with Crippen LogP contribution in [0.1, 0.15) is 10.4 Å². The van der Waals surface area contributed by atoms with Crippen LogP contribution in [0.15, 0.2) is 36.4 Å². The van der Waals surface area contributed by atoms with E-state index in [0.29, 0.717) is 22.2 Å². The largest absolute Gasteiger partial charge is 0.353 e. The van der Waals surface area contributed by atoms with Crippen LogP contribution >= 0.6 is 11.6 Å². The van der Waals surface area contributed by atoms with Gasteiger partial charge in [-0.3, -0.25) is 4.79 Å². The molecule has 0 radical (unpaired) electrons. The average molecular weight is 292 g/mol. The van der Waals surface area contributed by atoms with E-state index in [1.165, 1.54) is 0 Å². The maximum atomic E-state index is 13.9. The number of para-hydroxylation sites is 1. The molecule has 0 aliphatic heterocycles. The number of carbonyl (C=O) groups excluding carboxylic acids is 1. The van der Waals surface area contributed by atoms with Crippen molar-refractivity contribution in [2.45, 2.75) is 0 Å². The van der Waals surface area contributed by atoms with Crippen molar-refractivity contribution in [3.05, 3.63) is 58.6 Å². The predicted molar refractivity (Wildman–Crippen MR) is 74.0 cm³/mol. The quantitative estimate of drug-likeness (QED) is 0.689. The highest BCUT2D eigenvalue weighted by molar-refractivity contribution is 6.35. The molecule has 0 spiro atoms. The molecule has 1 heterocycles. The molecular weight excluding hydrogens is 284 g/mol. The molecular formula is C15H8ClF2NO. The summed E-state index contributed by atoms with van der Waals surface area (Å²) in [6.07, 6.45) is 0.606. The lowest BCUT2D eigenvalue weighted by molar-refractivity contribution is 0.112. The summed E-state index contributed by atoms with van der Waals surface area (Å²) in [4.78, 5) is 14.2. The number of halogens is 3. The zero-order valence-corrected chi connectivity index (χ0v) is 10.8. The molecule has 5 heteroatoms. The summed E-state index contributed by atoms with van der Waals surface area (Å²) in [5.41, 5.74) is 1.00. The van der Waals surface area contributed by atoms with E-state index in [2.05, 4.69) is 4.98 Å². The van der Waals surface area contributed by atoms with Gasteiger partial charge in [0.05, 0.1) is 16.2 Å². The molecule has 0 aliphatic carbocycles. The van der Waals surface area contributed by atoms with Crippen LogP contribution in [0.4, 0.5) is 8.78 Å². The fourth-order valence-electron chi connectivity index (χ4n) is 2.23. The molecule has 100 valence electrons. The summed E-state index contributed by atoms with van der Waals surface area (Å²) in [5.74, 6) is -1.19. The number of fused-ring (bicyclic) bond motifs is 1. The van der Waals surface area contributed by atoms with E-state index in [4.69, 9.17) is 11.6 Å². The Hall–Kier alpha value is -2.20. The molecule has 2 nitrogen and oxygen atoms in total. The lowest BCUT2D eigenvalue weighted by atomic mass is 10.1. The molecule has 0 unspecified atom stereocenters. The average Bonchev–Trinajstić information content (AvgIpc) is 2.81. The second-order valence-corrected chi connectivity index (χ2v) is 4.73. The number of hydrogen-bond acceptors (Lipinski definition) is 1. The van der Waals surface area contributed by atoms with Gasteiger partial charge >= 0.3 is 0 Å². The Morgan fingerprint density at radius 3 is 2.70 bits per heavy atom. The summed E-state index contributed by atoms with van der Waals surface area (Å²) in [7, 11) is 0. The highest BCUT2D eigenvalue weighted by atomic mass is 35.5. The molecule has 0 saturated carbocycles. The zero-order valence-electron chi connectivity index (χ0n) is 10.1. The van der Waals surface area contributed by atoms with Gasteiger partial charge in [-0.1, -0.05) is 23.7 Å². The van der Waals surface area contributed by atoms with Gasteiger partial charge in [0.1, 0.15) is 11.6 Å². The Morgan fingerprint density at radius 2 is 1.95 bits per heavy atom. The van der Waals surface area contributed by atoms with Crippen molar-refractivity contribution in [3.8, 4) is 11.3 Å². The van der Waals surface area contributed by atoms with Crippen molar-refractivity contribution in [3.63, 3.8) is 0 Å². The van der Waals surface area contributed by atoms with Gasteiger partial charge in [0, 0.05) is 16.5 Å². The molecule has 3 aromatic rings. The van der Waals surface area contributed by atoms with Crippen LogP contribution in [0.5, 0.6) is 0 Å². The van der Waals surface area contributed by atoms with Crippen LogP contribution < -0.4 is 0 Å². The van der Waals surface area contributed by atoms with Gasteiger partial charge in [-0.2, -0.15) is 0 Å². The maximum Gasteiger partial charge on any atom is 0.152 e. The first kappa shape index (κ1) is 12.8. The van der Waals surface area contributed by atoms with Crippen LogP contribution in [-0.2, 0) is 0 Å². The topological polar surface area (TPSA) is 32.9 Å². The highest BCUT2D eigenvalue weighted by Crippen LogP contribution is 2.33. The smallest absolute Gasteiger partial charge is 0.152 e. The minimum Gasteiger partial charge on any atom is -0.353 e. The van der Waals surface area contributed by atoms with E-state index in [1.807, 2.05) is 0 Å². The fourth-order valence-corrected chi connectivity index (χ4v) is 2.45. The molecule has 0 atom stereocenters. The van der Waals surface area contributed by atoms with Crippen LogP contribution in [0, 0.1) is 11.6 Å². The SMILES string of the molecule is O=Cc1c(-c2cc(F)ccc2F)[nH]c2c(Cl)cccc12. The summed E-state index contributed by atoms with van der Waals surface area (Å²) in [6.45, 7) is 0. The Kier molecular flexibility index (Phi) is 3.03. The second-order valence-electron chi connectivity index (χ2n) is 4.32. The van der Waals surface area contributed by atoms with E-state index < -0.39 is 11.6 Å². The standard InChI is InChI=1S/C15H8ClF2NO/c16-12-3-1-2-9-11(7-20)14(19-15(9)12)10-6-8(17)4-5-13(10)18/h1-7,19H. The van der Waals surface area contributed by atoms with Gasteiger partial charge in [0.25, 0.3) is 0 Å². The van der Waals surface area contributed by atoms with E-state index in [0.717, 1.165) is 18.2 Å². The first-order valence-electron chi connectivity index (χ1n) is 5.82. The van der Waals surface area contributed by atoms with Crippen LogP contribution in [0.3, 0.4) is 0 Å². The van der Waals surface area contributed by atoms with E-state index in [-0.39, 0.29) is 16.8 Å². The number of aromatic amines is 1. The Morgan fingerprint density at radius 1 is 1.15 bits per heavy atom. The third-order valence-corrected chi connectivity index (χ3v) is 3.45. The number of aromatic nitrogens is 1. The highest BCUT2D eigenvalue weighted by Gasteiger charge is 2.17. The van der Waals surface area contributed by atoms with Gasteiger partial charge in [-0.05, 0) is 24.3 Å². The third-order valence-electron chi connectivity index (χ3n) is 3.14. The summed E-state index contributed by atoms with van der Waals surface area (Å²) < 4.78 is 27.2. The lowest BCUT2D eigenvalue weighted by Crippen LogP contribution is -1.90. The van der Waals surface area contributed by atoms with Gasteiger partial charge in [0.2, 0.25) is 0 Å². The summed E-state index contributed by atoms with van der Waals surface area (Å²) in [6, 6.07) is 8.13. The van der Waals surface area contributed by atoms with Crippen LogP contribution in [0.25, 0.3) is 22.2 Å². The third kappa shape index (κ3) is 1.89. The number of aldehydes is 1. The first-order chi connectivity index (χ1) is 9.61. The Balaban J connectivity index is 2.39. The van der Waals surface area contributed by atoms with Gasteiger partial charge < -0.3 is 4.98 Å². The van der Waals surface area contributed by atoms with E-state index in [9.17, 15) is 13.6 Å². The molecule has 1 N–H and O–H groups in total. The minimum atomic E-state index is -0.614. The zero-order chi connectivity index (χ0) is 14.3. The number of rotatable bonds is 2. The number of benzene rings is 2. The Bertz CT molecular complexity index is 826. The molecule has 0 aliphatic rings. The summed E-state index contributed by atoms with van der Waals surface area (Å²) >= 11 is 6.04. The van der Waals surface area contributed by atoms with E-state index in [1.54, 1.807) is 18.2 Å². The van der Waals surface area contributed by atoms with Crippen molar-refractivity contribution < 1.29 is 13.6 Å². The molecule has 1 aromatic heterocycles. The molecule has 2 aromatic carbocycles. The molecule has 3 rings (SSSR count). The molecule has 0 amide bonds. The number of hydrogen-bond donors (Lipinski definition) is 1. The normalized spacial score (nSPS) is 10.9. The van der Waals surface area contributed by atoms with Gasteiger partial charge in [-0.15, -0.1) is 0 Å². The maximum absolute atomic E-state index is 13.9. The van der Waals surface area contributed by atoms with Gasteiger partial charge in [0.15, 0.2) is 6.29 Å². The number of H-pyrrole nitrogens is 1. The monoisotopic (exact) mass is 291 g/mol. The first-order valence-corrected chi connectivity index (χ1v) is 6.20. The second kappa shape index (κ2) is 4.72. The van der Waals surface area contributed by atoms with Crippen molar-refractivity contribution >= 4 is 28.8 Å².